The lowest BCUT2D eigenvalue weighted by atomic mass is 10.2. The second kappa shape index (κ2) is 5.64. The van der Waals surface area contributed by atoms with Crippen molar-refractivity contribution in [2.24, 2.45) is 7.05 Å². The fraction of sp³-hybridized carbons (Fsp3) is 0.143. The second-order valence-electron chi connectivity index (χ2n) is 4.67. The maximum atomic E-state index is 11.2. The number of aromatic nitrogens is 3. The summed E-state index contributed by atoms with van der Waals surface area (Å²) in [6.07, 6.45) is 1.56. The molecule has 0 aliphatic carbocycles. The molecule has 1 aromatic carbocycles. The predicted octanol–water partition coefficient (Wildman–Crippen LogP) is 3.44. The second-order valence-corrected chi connectivity index (χ2v) is 5.68. The third-order valence-corrected chi connectivity index (χ3v) is 4.19. The van der Waals surface area contributed by atoms with Gasteiger partial charge in [0.05, 0.1) is 16.1 Å². The van der Waals surface area contributed by atoms with Crippen molar-refractivity contribution in [3.05, 3.63) is 52.3 Å². The largest absolute Gasteiger partial charge is 0.461 e. The highest BCUT2D eigenvalue weighted by atomic mass is 32.2. The van der Waals surface area contributed by atoms with Gasteiger partial charge in [0.2, 0.25) is 0 Å². The molecule has 0 fully saturated rings. The molecule has 2 aromatic heterocycles. The van der Waals surface area contributed by atoms with Crippen LogP contribution in [0.25, 0.3) is 11.6 Å². The zero-order valence-corrected chi connectivity index (χ0v) is 12.7. The molecule has 0 amide bonds. The van der Waals surface area contributed by atoms with Crippen molar-refractivity contribution >= 4 is 17.4 Å². The lowest BCUT2D eigenvalue weighted by Gasteiger charge is -2.04. The molecular formula is C14H12N4O3S. The highest BCUT2D eigenvalue weighted by Gasteiger charge is 2.19. The molecule has 0 aliphatic rings. The average molecular weight is 316 g/mol. The minimum atomic E-state index is -0.390. The zero-order valence-electron chi connectivity index (χ0n) is 11.9. The van der Waals surface area contributed by atoms with E-state index in [0.29, 0.717) is 21.6 Å². The number of nitrogens with zero attached hydrogens (tertiary/aromatic N) is 4. The minimum absolute atomic E-state index is 0.0625. The predicted molar refractivity (Wildman–Crippen MR) is 80.7 cm³/mol. The Morgan fingerprint density at radius 3 is 2.82 bits per heavy atom. The van der Waals surface area contributed by atoms with Gasteiger partial charge in [-0.2, -0.15) is 0 Å². The molecule has 8 heteroatoms. The third kappa shape index (κ3) is 2.60. The first-order valence-electron chi connectivity index (χ1n) is 6.42. The van der Waals surface area contributed by atoms with E-state index in [2.05, 4.69) is 10.2 Å². The van der Waals surface area contributed by atoms with Gasteiger partial charge in [0.1, 0.15) is 0 Å². The molecule has 0 N–H and O–H groups in total. The van der Waals surface area contributed by atoms with Crippen molar-refractivity contribution < 1.29 is 9.34 Å². The van der Waals surface area contributed by atoms with Crippen molar-refractivity contribution in [1.29, 1.82) is 0 Å². The van der Waals surface area contributed by atoms with Crippen LogP contribution in [0.4, 0.5) is 5.69 Å². The molecule has 0 unspecified atom stereocenters. The number of aryl methyl sites for hydroxylation is 1. The van der Waals surface area contributed by atoms with Gasteiger partial charge < -0.3 is 8.98 Å². The van der Waals surface area contributed by atoms with Gasteiger partial charge in [-0.05, 0) is 42.4 Å². The smallest absolute Gasteiger partial charge is 0.283 e. The molecule has 0 bridgehead atoms. The van der Waals surface area contributed by atoms with Gasteiger partial charge in [-0.25, -0.2) is 0 Å². The van der Waals surface area contributed by atoms with E-state index in [1.54, 1.807) is 42.1 Å². The molecule has 3 aromatic rings. The standard InChI is InChI=1S/C14H12N4O3S/c1-9-5-6-12(10(8-9)18(19)20)22-14-16-15-13(17(14)2)11-4-3-7-21-11/h3-8H,1-2H3. The molecule has 7 nitrogen and oxygen atoms in total. The lowest BCUT2D eigenvalue weighted by molar-refractivity contribution is -0.387. The van der Waals surface area contributed by atoms with Crippen LogP contribution in [0.3, 0.4) is 0 Å². The summed E-state index contributed by atoms with van der Waals surface area (Å²) in [5, 5.41) is 19.9. The topological polar surface area (TPSA) is 87.0 Å². The highest BCUT2D eigenvalue weighted by Crippen LogP contribution is 2.35. The van der Waals surface area contributed by atoms with Crippen LogP contribution < -0.4 is 0 Å². The van der Waals surface area contributed by atoms with E-state index >= 15 is 0 Å². The molecule has 0 radical (unpaired) electrons. The first-order chi connectivity index (χ1) is 10.6. The van der Waals surface area contributed by atoms with Gasteiger partial charge in [-0.15, -0.1) is 10.2 Å². The Hall–Kier alpha value is -2.61. The monoisotopic (exact) mass is 316 g/mol. The van der Waals surface area contributed by atoms with Gasteiger partial charge >= 0.3 is 0 Å². The van der Waals surface area contributed by atoms with Crippen molar-refractivity contribution in [1.82, 2.24) is 14.8 Å². The normalized spacial score (nSPS) is 10.8. The van der Waals surface area contributed by atoms with Crippen LogP contribution in [0, 0.1) is 17.0 Å². The third-order valence-electron chi connectivity index (χ3n) is 3.09. The van der Waals surface area contributed by atoms with E-state index in [-0.39, 0.29) is 10.6 Å². The summed E-state index contributed by atoms with van der Waals surface area (Å²) in [5.41, 5.74) is 0.901. The Bertz CT molecular complexity index is 827. The van der Waals surface area contributed by atoms with E-state index in [4.69, 9.17) is 4.42 Å². The number of nitro benzene ring substituents is 1. The minimum Gasteiger partial charge on any atom is -0.461 e. The summed E-state index contributed by atoms with van der Waals surface area (Å²) in [4.78, 5) is 11.3. The van der Waals surface area contributed by atoms with Crippen LogP contribution in [0.5, 0.6) is 0 Å². The number of benzene rings is 1. The summed E-state index contributed by atoms with van der Waals surface area (Å²) in [6.45, 7) is 1.82. The van der Waals surface area contributed by atoms with E-state index in [1.165, 1.54) is 11.8 Å². The number of hydrogen-bond donors (Lipinski definition) is 0. The number of hydrogen-bond acceptors (Lipinski definition) is 6. The van der Waals surface area contributed by atoms with Gasteiger partial charge in [-0.1, -0.05) is 6.07 Å². The lowest BCUT2D eigenvalue weighted by Crippen LogP contribution is -1.96. The quantitative estimate of drug-likeness (QED) is 0.541. The van der Waals surface area contributed by atoms with Crippen LogP contribution in [-0.4, -0.2) is 19.7 Å². The molecule has 0 saturated heterocycles. The molecular weight excluding hydrogens is 304 g/mol. The van der Waals surface area contributed by atoms with Crippen molar-refractivity contribution in [2.75, 3.05) is 0 Å². The van der Waals surface area contributed by atoms with E-state index in [9.17, 15) is 10.1 Å². The first kappa shape index (κ1) is 14.3. The van der Waals surface area contributed by atoms with E-state index in [0.717, 1.165) is 5.56 Å². The number of furan rings is 1. The molecule has 2 heterocycles. The summed E-state index contributed by atoms with van der Waals surface area (Å²) < 4.78 is 7.04. The Morgan fingerprint density at radius 2 is 2.14 bits per heavy atom. The number of nitro groups is 1. The molecule has 112 valence electrons. The Morgan fingerprint density at radius 1 is 1.32 bits per heavy atom. The first-order valence-corrected chi connectivity index (χ1v) is 7.24. The maximum Gasteiger partial charge on any atom is 0.283 e. The Kier molecular flexibility index (Phi) is 3.68. The number of rotatable bonds is 4. The zero-order chi connectivity index (χ0) is 15.7. The average Bonchev–Trinajstić information content (AvgIpc) is 3.11. The summed E-state index contributed by atoms with van der Waals surface area (Å²) in [5.74, 6) is 1.17. The van der Waals surface area contributed by atoms with Crippen LogP contribution in [-0.2, 0) is 7.05 Å². The molecule has 0 spiro atoms. The van der Waals surface area contributed by atoms with Crippen LogP contribution in [0.2, 0.25) is 0 Å². The maximum absolute atomic E-state index is 11.2. The van der Waals surface area contributed by atoms with Crippen molar-refractivity contribution in [2.45, 2.75) is 17.0 Å². The van der Waals surface area contributed by atoms with Crippen molar-refractivity contribution in [3.63, 3.8) is 0 Å². The SMILES string of the molecule is Cc1ccc(Sc2nnc(-c3ccco3)n2C)c([N+](=O)[O-])c1. The molecule has 0 aliphatic heterocycles. The van der Waals surface area contributed by atoms with Gasteiger partial charge in [0.25, 0.3) is 5.69 Å². The molecule has 3 rings (SSSR count). The summed E-state index contributed by atoms with van der Waals surface area (Å²) in [7, 11) is 1.79. The van der Waals surface area contributed by atoms with Gasteiger partial charge in [0.15, 0.2) is 16.7 Å². The van der Waals surface area contributed by atoms with E-state index < -0.39 is 0 Å². The van der Waals surface area contributed by atoms with Crippen LogP contribution in [0.15, 0.2) is 51.1 Å². The molecule has 0 atom stereocenters. The molecule has 0 saturated carbocycles. The molecule has 22 heavy (non-hydrogen) atoms. The fourth-order valence-electron chi connectivity index (χ4n) is 1.98. The van der Waals surface area contributed by atoms with E-state index in [1.807, 2.05) is 13.0 Å². The Balaban J connectivity index is 1.96. The van der Waals surface area contributed by atoms with Gasteiger partial charge in [-0.3, -0.25) is 10.1 Å². The van der Waals surface area contributed by atoms with Crippen molar-refractivity contribution in [3.8, 4) is 11.6 Å². The fourth-order valence-corrected chi connectivity index (χ4v) is 2.85. The highest BCUT2D eigenvalue weighted by molar-refractivity contribution is 7.99. The van der Waals surface area contributed by atoms with Gasteiger partial charge in [0, 0.05) is 13.1 Å². The van der Waals surface area contributed by atoms with Crippen LogP contribution >= 0.6 is 11.8 Å². The summed E-state index contributed by atoms with van der Waals surface area (Å²) in [6, 6.07) is 8.65. The summed E-state index contributed by atoms with van der Waals surface area (Å²) >= 11 is 1.20. The van der Waals surface area contributed by atoms with Crippen LogP contribution in [0.1, 0.15) is 5.56 Å². The Labute approximate surface area is 130 Å².